The highest BCUT2D eigenvalue weighted by Crippen LogP contribution is 2.39. The number of nitrogens with zero attached hydrogens (tertiary/aromatic N) is 4. The highest BCUT2D eigenvalue weighted by molar-refractivity contribution is 5.80. The van der Waals surface area contributed by atoms with Crippen molar-refractivity contribution in [3.05, 3.63) is 47.3 Å². The lowest BCUT2D eigenvalue weighted by atomic mass is 9.85. The van der Waals surface area contributed by atoms with Gasteiger partial charge in [0.25, 0.3) is 0 Å². The molecule has 1 aromatic carbocycles. The van der Waals surface area contributed by atoms with Crippen molar-refractivity contribution in [3.63, 3.8) is 0 Å². The number of likely N-dealkylation sites (tertiary alicyclic amines) is 1. The van der Waals surface area contributed by atoms with Crippen molar-refractivity contribution in [2.75, 3.05) is 45.3 Å². The van der Waals surface area contributed by atoms with E-state index in [1.165, 1.54) is 29.5 Å². The summed E-state index contributed by atoms with van der Waals surface area (Å²) in [7, 11) is 3.88. The summed E-state index contributed by atoms with van der Waals surface area (Å²) in [6.45, 7) is 2.77. The molecule has 1 aromatic rings. The van der Waals surface area contributed by atoms with E-state index in [0.717, 1.165) is 44.5 Å². The third kappa shape index (κ3) is 4.77. The van der Waals surface area contributed by atoms with E-state index in [9.17, 15) is 10.1 Å². The van der Waals surface area contributed by atoms with Crippen molar-refractivity contribution in [2.24, 2.45) is 0 Å². The van der Waals surface area contributed by atoms with E-state index in [4.69, 9.17) is 0 Å². The van der Waals surface area contributed by atoms with Gasteiger partial charge in [0.2, 0.25) is 5.91 Å². The Labute approximate surface area is 185 Å². The van der Waals surface area contributed by atoms with E-state index < -0.39 is 0 Å². The summed E-state index contributed by atoms with van der Waals surface area (Å²) in [5.74, 6) is 0.701. The van der Waals surface area contributed by atoms with Crippen LogP contribution in [0.5, 0.6) is 0 Å². The smallest absolute Gasteiger partial charge is 0.236 e. The summed E-state index contributed by atoms with van der Waals surface area (Å²) in [5, 5.41) is 12.7. The first kappa shape index (κ1) is 21.5. The lowest BCUT2D eigenvalue weighted by Gasteiger charge is -2.33. The van der Waals surface area contributed by atoms with E-state index >= 15 is 0 Å². The number of rotatable bonds is 5. The maximum Gasteiger partial charge on any atom is 0.236 e. The third-order valence-electron chi connectivity index (χ3n) is 6.61. The van der Waals surface area contributed by atoms with Crippen LogP contribution in [-0.2, 0) is 4.79 Å². The first-order chi connectivity index (χ1) is 15.1. The van der Waals surface area contributed by atoms with Crippen LogP contribution in [-0.4, -0.2) is 56.1 Å². The molecular formula is C25H33N5O. The molecule has 1 fully saturated rings. The molecule has 2 heterocycles. The molecule has 0 bridgehead atoms. The van der Waals surface area contributed by atoms with E-state index in [1.807, 2.05) is 23.9 Å². The summed E-state index contributed by atoms with van der Waals surface area (Å²) < 4.78 is 0. The number of benzene rings is 1. The van der Waals surface area contributed by atoms with Gasteiger partial charge in [0.05, 0.1) is 18.9 Å². The highest BCUT2D eigenvalue weighted by atomic mass is 16.2. The van der Waals surface area contributed by atoms with Gasteiger partial charge in [-0.15, -0.1) is 0 Å². The predicted octanol–water partition coefficient (Wildman–Crippen LogP) is 3.64. The molecule has 0 unspecified atom stereocenters. The quantitative estimate of drug-likeness (QED) is 0.789. The summed E-state index contributed by atoms with van der Waals surface area (Å²) in [4.78, 5) is 18.4. The van der Waals surface area contributed by atoms with Crippen molar-refractivity contribution in [1.29, 1.82) is 5.26 Å². The summed E-state index contributed by atoms with van der Waals surface area (Å²) >= 11 is 0. The van der Waals surface area contributed by atoms with Gasteiger partial charge in [-0.25, -0.2) is 0 Å². The van der Waals surface area contributed by atoms with Gasteiger partial charge >= 0.3 is 0 Å². The second-order valence-corrected chi connectivity index (χ2v) is 9.08. The third-order valence-corrected chi connectivity index (χ3v) is 6.61. The average Bonchev–Trinajstić information content (AvgIpc) is 3.28. The van der Waals surface area contributed by atoms with Crippen LogP contribution in [0.2, 0.25) is 0 Å². The minimum atomic E-state index is 0.226. The monoisotopic (exact) mass is 419 g/mol. The van der Waals surface area contributed by atoms with E-state index in [2.05, 4.69) is 40.6 Å². The normalized spacial score (nSPS) is 19.7. The number of hydrogen-bond acceptors (Lipinski definition) is 5. The zero-order chi connectivity index (χ0) is 21.8. The largest absolute Gasteiger partial charge is 0.371 e. The molecule has 1 amide bonds. The number of piperidine rings is 1. The minimum absolute atomic E-state index is 0.226. The molecule has 0 radical (unpaired) electrons. The Bertz CT molecular complexity index is 918. The number of anilines is 1. The summed E-state index contributed by atoms with van der Waals surface area (Å²) in [5.41, 5.74) is 5.82. The number of nitriles is 1. The fraction of sp³-hybridized carbons (Fsp3) is 0.520. The number of carbonyl (C=O) groups excluding carboxylic acids is 1. The second-order valence-electron chi connectivity index (χ2n) is 9.08. The number of likely N-dealkylation sites (N-methyl/N-ethyl adjacent to an activating group) is 1. The van der Waals surface area contributed by atoms with Crippen molar-refractivity contribution in [1.82, 2.24) is 15.1 Å². The van der Waals surface area contributed by atoms with Crippen molar-refractivity contribution >= 4 is 17.2 Å². The molecule has 3 aliphatic rings. The number of amides is 1. The molecular weight excluding hydrogens is 386 g/mol. The number of carbonyl (C=O) groups is 1. The van der Waals surface area contributed by atoms with Gasteiger partial charge in [0.1, 0.15) is 11.8 Å². The van der Waals surface area contributed by atoms with Gasteiger partial charge in [-0.3, -0.25) is 4.79 Å². The second kappa shape index (κ2) is 9.57. The van der Waals surface area contributed by atoms with Crippen LogP contribution < -0.4 is 10.2 Å². The van der Waals surface area contributed by atoms with Crippen molar-refractivity contribution in [2.45, 2.75) is 44.4 Å². The Hall–Kier alpha value is -2.78. The van der Waals surface area contributed by atoms with Crippen LogP contribution in [0.15, 0.2) is 36.2 Å². The molecule has 1 saturated heterocycles. The first-order valence-corrected chi connectivity index (χ1v) is 11.4. The fourth-order valence-electron chi connectivity index (χ4n) is 4.92. The lowest BCUT2D eigenvalue weighted by molar-refractivity contribution is -0.132. The maximum absolute atomic E-state index is 12.4. The molecule has 6 nitrogen and oxygen atoms in total. The van der Waals surface area contributed by atoms with Crippen LogP contribution in [0.25, 0.3) is 5.57 Å². The molecule has 0 saturated carbocycles. The molecule has 4 rings (SSSR count). The highest BCUT2D eigenvalue weighted by Gasteiger charge is 2.26. The molecule has 164 valence electrons. The van der Waals surface area contributed by atoms with Gasteiger partial charge in [-0.2, -0.15) is 5.26 Å². The van der Waals surface area contributed by atoms with E-state index in [1.54, 1.807) is 6.20 Å². The van der Waals surface area contributed by atoms with Gasteiger partial charge in [-0.1, -0.05) is 12.1 Å². The molecule has 31 heavy (non-hydrogen) atoms. The number of allylic oxidation sites excluding steroid dienone is 3. The zero-order valence-corrected chi connectivity index (χ0v) is 18.7. The topological polar surface area (TPSA) is 62.6 Å². The molecule has 0 atom stereocenters. The van der Waals surface area contributed by atoms with Crippen LogP contribution >= 0.6 is 0 Å². The van der Waals surface area contributed by atoms with E-state index in [-0.39, 0.29) is 5.91 Å². The Balaban J connectivity index is 1.56. The van der Waals surface area contributed by atoms with E-state index in [0.29, 0.717) is 24.8 Å². The van der Waals surface area contributed by atoms with Crippen LogP contribution in [0.3, 0.4) is 0 Å². The van der Waals surface area contributed by atoms with Crippen molar-refractivity contribution < 1.29 is 4.79 Å². The fourth-order valence-corrected chi connectivity index (χ4v) is 4.92. The molecule has 0 aromatic heterocycles. The van der Waals surface area contributed by atoms with Gasteiger partial charge in [-0.05, 0) is 81.8 Å². The Kier molecular flexibility index (Phi) is 6.62. The van der Waals surface area contributed by atoms with Crippen molar-refractivity contribution in [3.8, 4) is 6.07 Å². The maximum atomic E-state index is 12.4. The zero-order valence-electron chi connectivity index (χ0n) is 18.7. The van der Waals surface area contributed by atoms with Gasteiger partial charge in [0, 0.05) is 24.9 Å². The summed E-state index contributed by atoms with van der Waals surface area (Å²) in [6.07, 6.45) is 10.9. The molecule has 1 N–H and O–H groups in total. The molecule has 6 heteroatoms. The van der Waals surface area contributed by atoms with Crippen LogP contribution in [0.1, 0.15) is 55.6 Å². The van der Waals surface area contributed by atoms with Gasteiger partial charge < -0.3 is 20.0 Å². The average molecular weight is 420 g/mol. The van der Waals surface area contributed by atoms with Crippen LogP contribution in [0.4, 0.5) is 5.69 Å². The Morgan fingerprint density at radius 3 is 2.74 bits per heavy atom. The molecule has 2 aliphatic heterocycles. The first-order valence-electron chi connectivity index (χ1n) is 11.4. The SMILES string of the molecule is CN(C)CC(=O)N1CCC(c2ccc(N3CNC=C3C#N)c(C3=CCCCC3)c2)CC1. The number of hydrogen-bond donors (Lipinski definition) is 1. The van der Waals surface area contributed by atoms with Gasteiger partial charge in [0.15, 0.2) is 0 Å². The Morgan fingerprint density at radius 1 is 1.26 bits per heavy atom. The minimum Gasteiger partial charge on any atom is -0.371 e. The standard InChI is InChI=1S/C25H33N5O/c1-28(2)17-25(31)29-12-10-19(11-13-29)21-8-9-24(30-18-27-16-22(30)15-26)23(14-21)20-6-4-3-5-7-20/h6,8-9,14,16,19,27H,3-5,7,10-13,17-18H2,1-2H3. The predicted molar refractivity (Wildman–Crippen MR) is 124 cm³/mol. The Morgan fingerprint density at radius 2 is 2.06 bits per heavy atom. The number of nitrogens with one attached hydrogen (secondary N) is 1. The summed E-state index contributed by atoms with van der Waals surface area (Å²) in [6, 6.07) is 9.11. The van der Waals surface area contributed by atoms with Crippen LogP contribution in [0, 0.1) is 11.3 Å². The molecule has 0 spiro atoms. The lowest BCUT2D eigenvalue weighted by Crippen LogP contribution is -2.42. The molecule has 1 aliphatic carbocycles.